The van der Waals surface area contributed by atoms with E-state index in [0.717, 1.165) is 17.7 Å². The van der Waals surface area contributed by atoms with Gasteiger partial charge in [0, 0.05) is 39.4 Å². The van der Waals surface area contributed by atoms with Crippen LogP contribution in [0.2, 0.25) is 0 Å². The van der Waals surface area contributed by atoms with Gasteiger partial charge in [-0.25, -0.2) is 5.84 Å². The van der Waals surface area contributed by atoms with Crippen LogP contribution in [0.15, 0.2) is 29.3 Å². The maximum atomic E-state index is 5.53. The van der Waals surface area contributed by atoms with Crippen molar-refractivity contribution >= 4 is 5.96 Å². The zero-order valence-corrected chi connectivity index (χ0v) is 12.4. The van der Waals surface area contributed by atoms with Gasteiger partial charge in [-0.3, -0.25) is 10.4 Å². The third kappa shape index (κ3) is 5.07. The molecule has 112 valence electrons. The van der Waals surface area contributed by atoms with Crippen LogP contribution in [0.3, 0.4) is 0 Å². The fourth-order valence-corrected chi connectivity index (χ4v) is 1.83. The summed E-state index contributed by atoms with van der Waals surface area (Å²) in [7, 11) is 5.28. The van der Waals surface area contributed by atoms with E-state index in [-0.39, 0.29) is 0 Å². The van der Waals surface area contributed by atoms with Gasteiger partial charge in [-0.15, -0.1) is 0 Å². The Hall–Kier alpha value is -1.79. The van der Waals surface area contributed by atoms with E-state index in [2.05, 4.69) is 10.4 Å². The van der Waals surface area contributed by atoms with Crippen molar-refractivity contribution in [3.63, 3.8) is 0 Å². The predicted molar refractivity (Wildman–Crippen MR) is 80.6 cm³/mol. The number of rotatable bonds is 7. The average molecular weight is 280 g/mol. The van der Waals surface area contributed by atoms with E-state index in [9.17, 15) is 0 Å². The molecule has 0 aliphatic carbocycles. The van der Waals surface area contributed by atoms with Crippen molar-refractivity contribution in [2.45, 2.75) is 13.0 Å². The second-order valence-electron chi connectivity index (χ2n) is 4.36. The molecule has 0 saturated carbocycles. The molecule has 0 radical (unpaired) electrons. The van der Waals surface area contributed by atoms with Crippen LogP contribution in [0, 0.1) is 0 Å². The molecule has 0 saturated heterocycles. The van der Waals surface area contributed by atoms with Gasteiger partial charge in [0.15, 0.2) is 0 Å². The van der Waals surface area contributed by atoms with Crippen LogP contribution >= 0.6 is 0 Å². The SMILES string of the molecule is COCCCN=C(NN)N(C)Cc1ccccc1OC. The van der Waals surface area contributed by atoms with Crippen molar-refractivity contribution in [2.75, 3.05) is 34.4 Å². The molecular formula is C14H24N4O2. The summed E-state index contributed by atoms with van der Waals surface area (Å²) in [5.74, 6) is 7.03. The summed E-state index contributed by atoms with van der Waals surface area (Å²) in [5, 5.41) is 0. The standard InChI is InChI=1S/C14H24N4O2/c1-18(14(17-15)16-9-6-10-19-2)11-12-7-4-5-8-13(12)20-3/h4-5,7-8H,6,9-11,15H2,1-3H3,(H,16,17). The number of hydrazine groups is 1. The zero-order valence-electron chi connectivity index (χ0n) is 12.4. The highest BCUT2D eigenvalue weighted by molar-refractivity contribution is 5.79. The average Bonchev–Trinajstić information content (AvgIpc) is 2.48. The van der Waals surface area contributed by atoms with Crippen molar-refractivity contribution in [2.24, 2.45) is 10.8 Å². The summed E-state index contributed by atoms with van der Waals surface area (Å²) < 4.78 is 10.3. The Morgan fingerprint density at radius 1 is 1.35 bits per heavy atom. The molecule has 1 rings (SSSR count). The first-order valence-electron chi connectivity index (χ1n) is 6.56. The van der Waals surface area contributed by atoms with Gasteiger partial charge in [0.1, 0.15) is 5.75 Å². The van der Waals surface area contributed by atoms with Crippen LogP contribution in [0.5, 0.6) is 5.75 Å². The van der Waals surface area contributed by atoms with Gasteiger partial charge in [-0.2, -0.15) is 0 Å². The number of nitrogens with zero attached hydrogens (tertiary/aromatic N) is 2. The van der Waals surface area contributed by atoms with E-state index in [1.165, 1.54) is 0 Å². The van der Waals surface area contributed by atoms with E-state index in [1.54, 1.807) is 14.2 Å². The summed E-state index contributed by atoms with van der Waals surface area (Å²) in [6, 6.07) is 7.89. The predicted octanol–water partition coefficient (Wildman–Crippen LogP) is 0.983. The second-order valence-corrected chi connectivity index (χ2v) is 4.36. The Balaban J connectivity index is 2.64. The highest BCUT2D eigenvalue weighted by Gasteiger charge is 2.08. The number of ether oxygens (including phenoxy) is 2. The minimum atomic E-state index is 0.645. The molecule has 1 aromatic rings. The summed E-state index contributed by atoms with van der Waals surface area (Å²) >= 11 is 0. The molecule has 0 atom stereocenters. The maximum absolute atomic E-state index is 5.53. The van der Waals surface area contributed by atoms with Gasteiger partial charge in [0.25, 0.3) is 0 Å². The molecule has 0 aromatic heterocycles. The molecule has 3 N–H and O–H groups in total. The molecule has 20 heavy (non-hydrogen) atoms. The van der Waals surface area contributed by atoms with E-state index in [1.807, 2.05) is 36.2 Å². The van der Waals surface area contributed by atoms with Crippen molar-refractivity contribution in [3.05, 3.63) is 29.8 Å². The van der Waals surface area contributed by atoms with Crippen molar-refractivity contribution in [1.29, 1.82) is 0 Å². The summed E-state index contributed by atoms with van der Waals surface area (Å²) in [6.45, 7) is 2.03. The summed E-state index contributed by atoms with van der Waals surface area (Å²) in [4.78, 5) is 6.37. The molecule has 0 unspecified atom stereocenters. The van der Waals surface area contributed by atoms with E-state index < -0.39 is 0 Å². The van der Waals surface area contributed by atoms with E-state index >= 15 is 0 Å². The number of methoxy groups -OCH3 is 2. The fourth-order valence-electron chi connectivity index (χ4n) is 1.83. The Morgan fingerprint density at radius 3 is 2.75 bits per heavy atom. The Kier molecular flexibility index (Phi) is 7.46. The van der Waals surface area contributed by atoms with Crippen LogP contribution < -0.4 is 16.0 Å². The third-order valence-corrected chi connectivity index (χ3v) is 2.86. The molecule has 6 nitrogen and oxygen atoms in total. The smallest absolute Gasteiger partial charge is 0.208 e. The monoisotopic (exact) mass is 280 g/mol. The van der Waals surface area contributed by atoms with Gasteiger partial charge < -0.3 is 14.4 Å². The lowest BCUT2D eigenvalue weighted by Crippen LogP contribution is -2.42. The largest absolute Gasteiger partial charge is 0.496 e. The van der Waals surface area contributed by atoms with Crippen molar-refractivity contribution < 1.29 is 9.47 Å². The number of guanidine groups is 1. The van der Waals surface area contributed by atoms with Gasteiger partial charge in [-0.1, -0.05) is 18.2 Å². The Morgan fingerprint density at radius 2 is 2.10 bits per heavy atom. The molecule has 0 bridgehead atoms. The minimum Gasteiger partial charge on any atom is -0.496 e. The molecular weight excluding hydrogens is 256 g/mol. The highest BCUT2D eigenvalue weighted by Crippen LogP contribution is 2.18. The molecule has 0 amide bonds. The van der Waals surface area contributed by atoms with Gasteiger partial charge in [0.05, 0.1) is 7.11 Å². The van der Waals surface area contributed by atoms with Crippen LogP contribution in [0.1, 0.15) is 12.0 Å². The van der Waals surface area contributed by atoms with Crippen LogP contribution in [-0.2, 0) is 11.3 Å². The molecule has 0 heterocycles. The molecule has 0 aliphatic rings. The lowest BCUT2D eigenvalue weighted by atomic mass is 10.2. The normalized spacial score (nSPS) is 11.3. The van der Waals surface area contributed by atoms with Crippen molar-refractivity contribution in [3.8, 4) is 5.75 Å². The number of benzene rings is 1. The van der Waals surface area contributed by atoms with E-state index in [0.29, 0.717) is 25.7 Å². The van der Waals surface area contributed by atoms with E-state index in [4.69, 9.17) is 15.3 Å². The molecule has 0 spiro atoms. The lowest BCUT2D eigenvalue weighted by Gasteiger charge is -2.21. The topological polar surface area (TPSA) is 72.1 Å². The lowest BCUT2D eigenvalue weighted by molar-refractivity contribution is 0.197. The second kappa shape index (κ2) is 9.17. The van der Waals surface area contributed by atoms with Crippen LogP contribution in [0.25, 0.3) is 0 Å². The number of hydrogen-bond donors (Lipinski definition) is 2. The highest BCUT2D eigenvalue weighted by atomic mass is 16.5. The van der Waals surface area contributed by atoms with Crippen LogP contribution in [0.4, 0.5) is 0 Å². The van der Waals surface area contributed by atoms with Gasteiger partial charge in [-0.05, 0) is 12.5 Å². The molecule has 6 heteroatoms. The number of nitrogens with two attached hydrogens (primary N) is 1. The molecule has 1 aromatic carbocycles. The fraction of sp³-hybridized carbons (Fsp3) is 0.500. The summed E-state index contributed by atoms with van der Waals surface area (Å²) in [5.41, 5.74) is 3.71. The Labute approximate surface area is 120 Å². The van der Waals surface area contributed by atoms with Gasteiger partial charge in [0.2, 0.25) is 5.96 Å². The third-order valence-electron chi connectivity index (χ3n) is 2.86. The summed E-state index contributed by atoms with van der Waals surface area (Å²) in [6.07, 6.45) is 0.865. The number of aliphatic imine (C=N–C) groups is 1. The maximum Gasteiger partial charge on any atom is 0.208 e. The first-order chi connectivity index (χ1) is 9.72. The first kappa shape index (κ1) is 16.3. The number of para-hydroxylation sites is 1. The quantitative estimate of drug-likeness (QED) is 0.256. The number of nitrogens with one attached hydrogen (secondary N) is 1. The zero-order chi connectivity index (χ0) is 14.8. The van der Waals surface area contributed by atoms with Crippen molar-refractivity contribution in [1.82, 2.24) is 10.3 Å². The van der Waals surface area contributed by atoms with Gasteiger partial charge >= 0.3 is 0 Å². The minimum absolute atomic E-state index is 0.645. The molecule has 0 aliphatic heterocycles. The first-order valence-corrected chi connectivity index (χ1v) is 6.56. The molecule has 0 fully saturated rings. The number of hydrogen-bond acceptors (Lipinski definition) is 4. The van der Waals surface area contributed by atoms with Crippen LogP contribution in [-0.4, -0.2) is 45.3 Å². The Bertz CT molecular complexity index is 423.